The van der Waals surface area contributed by atoms with Gasteiger partial charge in [-0.2, -0.15) is 10.3 Å². The lowest BCUT2D eigenvalue weighted by atomic mass is 9.98. The van der Waals surface area contributed by atoms with Crippen LogP contribution < -0.4 is 16.4 Å². The van der Waals surface area contributed by atoms with Crippen molar-refractivity contribution in [1.82, 2.24) is 5.32 Å². The number of hydrogen-bond donors (Lipinski definition) is 3. The highest BCUT2D eigenvalue weighted by atomic mass is 32.2. The fourth-order valence-electron chi connectivity index (χ4n) is 3.75. The topological polar surface area (TPSA) is 164 Å². The van der Waals surface area contributed by atoms with Crippen molar-refractivity contribution >= 4 is 56.6 Å². The highest BCUT2D eigenvalue weighted by Gasteiger charge is 2.26. The first-order chi connectivity index (χ1) is 19.3. The molecule has 4 N–H and O–H groups in total. The summed E-state index contributed by atoms with van der Waals surface area (Å²) in [6.45, 7) is 7.17. The van der Waals surface area contributed by atoms with E-state index in [2.05, 4.69) is 15.6 Å². The number of thiophene rings is 1. The summed E-state index contributed by atoms with van der Waals surface area (Å²) in [6.07, 6.45) is 1.06. The number of nitrogens with one attached hydrogen (secondary N) is 2. The van der Waals surface area contributed by atoms with Gasteiger partial charge in [0, 0.05) is 12.1 Å². The summed E-state index contributed by atoms with van der Waals surface area (Å²) in [5, 5.41) is 14.1. The zero-order valence-corrected chi connectivity index (χ0v) is 25.7. The molecule has 0 saturated heterocycles. The molecule has 1 heterocycles. The van der Waals surface area contributed by atoms with Crippen LogP contribution in [-0.4, -0.2) is 44.8 Å². The SMILES string of the molecule is CSc1sc(C(N)=NC(=O)OC(C)(C)C)cc1S(=O)(=O)c1cccc(-c2c(C)cccc2NC(=O)NCCC#N)c1. The van der Waals surface area contributed by atoms with Crippen molar-refractivity contribution in [2.75, 3.05) is 18.1 Å². The van der Waals surface area contributed by atoms with Crippen LogP contribution in [0, 0.1) is 18.3 Å². The van der Waals surface area contributed by atoms with Crippen LogP contribution >= 0.6 is 23.1 Å². The van der Waals surface area contributed by atoms with Crippen LogP contribution in [0.5, 0.6) is 0 Å². The molecule has 0 fully saturated rings. The molecule has 2 aromatic carbocycles. The van der Waals surface area contributed by atoms with Crippen molar-refractivity contribution in [3.63, 3.8) is 0 Å². The van der Waals surface area contributed by atoms with E-state index in [1.54, 1.807) is 57.4 Å². The molecule has 0 aliphatic carbocycles. The van der Waals surface area contributed by atoms with Crippen molar-refractivity contribution in [2.24, 2.45) is 10.7 Å². The number of aliphatic imine (C=N–C) groups is 1. The fraction of sp³-hybridized carbons (Fsp3) is 0.286. The van der Waals surface area contributed by atoms with Crippen molar-refractivity contribution in [2.45, 2.75) is 53.7 Å². The molecule has 0 radical (unpaired) electrons. The molecule has 0 unspecified atom stereocenters. The predicted molar refractivity (Wildman–Crippen MR) is 162 cm³/mol. The minimum absolute atomic E-state index is 0.0458. The molecule has 0 aliphatic heterocycles. The standard InChI is InChI=1S/C28H31N5O5S3/c1-17-9-6-12-20(32-26(34)31-14-8-13-29)23(17)18-10-7-11-19(15-18)41(36,37)22-16-21(40-25(22)39-5)24(30)33-27(35)38-28(2,3)4/h6-7,9-12,15-16H,8,14H2,1-5H3,(H2,30,33,35)(H2,31,32,34). The van der Waals surface area contributed by atoms with Gasteiger partial charge < -0.3 is 21.1 Å². The number of carbonyl (C=O) groups is 2. The Morgan fingerprint density at radius 3 is 2.54 bits per heavy atom. The average Bonchev–Trinajstić information content (AvgIpc) is 3.34. The van der Waals surface area contributed by atoms with Crippen LogP contribution in [0.1, 0.15) is 37.6 Å². The number of nitriles is 1. The number of thioether (sulfide) groups is 1. The van der Waals surface area contributed by atoms with E-state index in [1.807, 2.05) is 19.1 Å². The molecule has 3 aromatic rings. The molecule has 3 rings (SSSR count). The van der Waals surface area contributed by atoms with Gasteiger partial charge in [0.2, 0.25) is 9.84 Å². The molecule has 3 amide bonds. The molecule has 1 aromatic heterocycles. The smallest absolute Gasteiger partial charge is 0.436 e. The molecule has 13 heteroatoms. The Morgan fingerprint density at radius 2 is 1.88 bits per heavy atom. The number of amidine groups is 1. The summed E-state index contributed by atoms with van der Waals surface area (Å²) in [6, 6.07) is 14.7. The molecular formula is C28H31N5O5S3. The van der Waals surface area contributed by atoms with E-state index in [0.717, 1.165) is 16.9 Å². The van der Waals surface area contributed by atoms with Crippen molar-refractivity contribution in [3.05, 3.63) is 59.0 Å². The number of sulfone groups is 1. The molecule has 41 heavy (non-hydrogen) atoms. The Bertz CT molecular complexity index is 1630. The van der Waals surface area contributed by atoms with Gasteiger partial charge in [0.05, 0.1) is 37.1 Å². The highest BCUT2D eigenvalue weighted by Crippen LogP contribution is 2.39. The van der Waals surface area contributed by atoms with E-state index >= 15 is 0 Å². The fourth-order valence-corrected chi connectivity index (χ4v) is 7.69. The Labute approximate surface area is 247 Å². The van der Waals surface area contributed by atoms with E-state index in [4.69, 9.17) is 15.7 Å². The predicted octanol–water partition coefficient (Wildman–Crippen LogP) is 5.95. The molecule has 0 saturated carbocycles. The second-order valence-electron chi connectivity index (χ2n) is 9.76. The average molecular weight is 614 g/mol. The third-order valence-electron chi connectivity index (χ3n) is 5.47. The number of benzene rings is 2. The molecule has 0 atom stereocenters. The van der Waals surface area contributed by atoms with Crippen LogP contribution in [0.4, 0.5) is 15.3 Å². The lowest BCUT2D eigenvalue weighted by Gasteiger charge is -2.17. The van der Waals surface area contributed by atoms with Gasteiger partial charge in [0.25, 0.3) is 0 Å². The zero-order valence-electron chi connectivity index (χ0n) is 23.3. The van der Waals surface area contributed by atoms with Crippen molar-refractivity contribution in [1.29, 1.82) is 5.26 Å². The number of aryl methyl sites for hydroxylation is 1. The summed E-state index contributed by atoms with van der Waals surface area (Å²) >= 11 is 2.36. The normalized spacial score (nSPS) is 12.0. The molecule has 0 bridgehead atoms. The maximum atomic E-state index is 13.9. The lowest BCUT2D eigenvalue weighted by Crippen LogP contribution is -2.29. The maximum Gasteiger partial charge on any atom is 0.436 e. The number of anilines is 1. The molecule has 0 aliphatic rings. The van der Waals surface area contributed by atoms with E-state index in [-0.39, 0.29) is 28.6 Å². The summed E-state index contributed by atoms with van der Waals surface area (Å²) < 4.78 is 33.4. The van der Waals surface area contributed by atoms with E-state index in [0.29, 0.717) is 25.9 Å². The summed E-state index contributed by atoms with van der Waals surface area (Å²) in [5.41, 5.74) is 7.84. The number of rotatable bonds is 8. The third-order valence-corrected chi connectivity index (χ3v) is 9.80. The molecular weight excluding hydrogens is 583 g/mol. The number of ether oxygens (including phenoxy) is 1. The lowest BCUT2D eigenvalue weighted by molar-refractivity contribution is 0.0604. The number of urea groups is 1. The first-order valence-electron chi connectivity index (χ1n) is 12.4. The minimum atomic E-state index is -4.01. The number of carbonyl (C=O) groups excluding carboxylic acids is 2. The van der Waals surface area contributed by atoms with Crippen LogP contribution in [0.3, 0.4) is 0 Å². The minimum Gasteiger partial charge on any atom is -0.442 e. The van der Waals surface area contributed by atoms with Gasteiger partial charge in [0.15, 0.2) is 0 Å². The number of nitrogens with zero attached hydrogens (tertiary/aromatic N) is 2. The van der Waals surface area contributed by atoms with Crippen LogP contribution in [-0.2, 0) is 14.6 Å². The van der Waals surface area contributed by atoms with Crippen LogP contribution in [0.25, 0.3) is 11.1 Å². The van der Waals surface area contributed by atoms with Crippen molar-refractivity contribution in [3.8, 4) is 17.2 Å². The zero-order chi connectivity index (χ0) is 30.4. The number of nitrogens with two attached hydrogens (primary N) is 1. The second-order valence-corrected chi connectivity index (χ2v) is 13.8. The molecule has 10 nitrogen and oxygen atoms in total. The van der Waals surface area contributed by atoms with Gasteiger partial charge >= 0.3 is 12.1 Å². The Balaban J connectivity index is 2.00. The van der Waals surface area contributed by atoms with E-state index in [1.165, 1.54) is 23.9 Å². The quantitative estimate of drug-likeness (QED) is 0.121. The van der Waals surface area contributed by atoms with Gasteiger partial charge in [0.1, 0.15) is 11.4 Å². The highest BCUT2D eigenvalue weighted by molar-refractivity contribution is 8.01. The van der Waals surface area contributed by atoms with Crippen molar-refractivity contribution < 1.29 is 22.7 Å². The van der Waals surface area contributed by atoms with Gasteiger partial charge in [-0.25, -0.2) is 18.0 Å². The Kier molecular flexibility index (Phi) is 10.2. The van der Waals surface area contributed by atoms with Gasteiger partial charge in [-0.05, 0) is 69.3 Å². The Morgan fingerprint density at radius 1 is 1.17 bits per heavy atom. The first-order valence-corrected chi connectivity index (χ1v) is 15.9. The third kappa shape index (κ3) is 8.09. The van der Waals surface area contributed by atoms with Crippen LogP contribution in [0.2, 0.25) is 0 Å². The summed E-state index contributed by atoms with van der Waals surface area (Å²) in [5.74, 6) is -0.140. The van der Waals surface area contributed by atoms with E-state index < -0.39 is 27.6 Å². The van der Waals surface area contributed by atoms with E-state index in [9.17, 15) is 18.0 Å². The number of hydrogen-bond acceptors (Lipinski definition) is 8. The monoisotopic (exact) mass is 613 g/mol. The van der Waals surface area contributed by atoms with Gasteiger partial charge in [-0.15, -0.1) is 23.1 Å². The summed E-state index contributed by atoms with van der Waals surface area (Å²) in [4.78, 5) is 28.7. The van der Waals surface area contributed by atoms with Gasteiger partial charge in [-0.3, -0.25) is 0 Å². The summed E-state index contributed by atoms with van der Waals surface area (Å²) in [7, 11) is -4.01. The largest absolute Gasteiger partial charge is 0.442 e. The number of amides is 3. The molecule has 216 valence electrons. The van der Waals surface area contributed by atoms with Gasteiger partial charge in [-0.1, -0.05) is 24.3 Å². The Hall–Kier alpha value is -3.86. The second kappa shape index (κ2) is 13.2. The first kappa shape index (κ1) is 31.7. The maximum absolute atomic E-state index is 13.9. The molecule has 0 spiro atoms. The van der Waals surface area contributed by atoms with Crippen LogP contribution in [0.15, 0.2) is 67.5 Å².